The molecule has 0 aromatic heterocycles. The van der Waals surface area contributed by atoms with Gasteiger partial charge in [-0.2, -0.15) is 0 Å². The standard InChI is InChI=1S/C28H39Cl2N3O4S/c1-7-20(4)31-28(35)25(8-2)32(18-22-23(29)13-10-14-24(22)30)27(34)16-11-17-33(38(6,36)37)26-15-9-12-19(3)21(26)5/h9-10,12-15,20,25H,7-8,11,16-18H2,1-6H3,(H,31,35)/t20-,25+/m0/s1. The second-order valence-corrected chi connectivity index (χ2v) is 12.3. The third-order valence-corrected chi connectivity index (χ3v) is 8.66. The van der Waals surface area contributed by atoms with Gasteiger partial charge in [0.2, 0.25) is 21.8 Å². The maximum absolute atomic E-state index is 13.6. The molecule has 1 N–H and O–H groups in total. The SMILES string of the molecule is CC[C@H](C(=O)N[C@@H](C)CC)N(Cc1c(Cl)cccc1Cl)C(=O)CCCN(c1cccc(C)c1C)S(C)(=O)=O. The summed E-state index contributed by atoms with van der Waals surface area (Å²) < 4.78 is 26.6. The van der Waals surface area contributed by atoms with Gasteiger partial charge in [0.05, 0.1) is 11.9 Å². The lowest BCUT2D eigenvalue weighted by molar-refractivity contribution is -0.141. The van der Waals surface area contributed by atoms with Gasteiger partial charge in [0.15, 0.2) is 0 Å². The fourth-order valence-electron chi connectivity index (χ4n) is 4.20. The second kappa shape index (κ2) is 14.2. The molecule has 0 unspecified atom stereocenters. The van der Waals surface area contributed by atoms with Crippen molar-refractivity contribution in [1.29, 1.82) is 0 Å². The minimum absolute atomic E-state index is 0.0432. The van der Waals surface area contributed by atoms with E-state index >= 15 is 0 Å². The van der Waals surface area contributed by atoms with Gasteiger partial charge >= 0.3 is 0 Å². The second-order valence-electron chi connectivity index (χ2n) is 9.62. The summed E-state index contributed by atoms with van der Waals surface area (Å²) in [5, 5.41) is 3.79. The molecule has 0 aliphatic rings. The average molecular weight is 585 g/mol. The number of aryl methyl sites for hydroxylation is 1. The van der Waals surface area contributed by atoms with Crippen LogP contribution in [-0.4, -0.2) is 50.0 Å². The largest absolute Gasteiger partial charge is 0.352 e. The number of hydrogen-bond acceptors (Lipinski definition) is 4. The molecule has 0 spiro atoms. The first kappa shape index (κ1) is 31.9. The first-order valence-corrected chi connectivity index (χ1v) is 15.5. The maximum Gasteiger partial charge on any atom is 0.243 e. The molecule has 2 aromatic rings. The van der Waals surface area contributed by atoms with Crippen molar-refractivity contribution < 1.29 is 18.0 Å². The zero-order valence-electron chi connectivity index (χ0n) is 23.1. The summed E-state index contributed by atoms with van der Waals surface area (Å²) in [7, 11) is -3.58. The topological polar surface area (TPSA) is 86.8 Å². The van der Waals surface area contributed by atoms with E-state index in [0.29, 0.717) is 27.7 Å². The van der Waals surface area contributed by atoms with E-state index in [1.807, 2.05) is 46.8 Å². The number of rotatable bonds is 13. The van der Waals surface area contributed by atoms with Gasteiger partial charge in [0.25, 0.3) is 0 Å². The number of anilines is 1. The number of hydrogen-bond donors (Lipinski definition) is 1. The summed E-state index contributed by atoms with van der Waals surface area (Å²) in [6, 6.07) is 9.85. The maximum atomic E-state index is 13.6. The van der Waals surface area contributed by atoms with E-state index in [1.54, 1.807) is 24.3 Å². The molecule has 0 bridgehead atoms. The van der Waals surface area contributed by atoms with Gasteiger partial charge in [-0.15, -0.1) is 0 Å². The highest BCUT2D eigenvalue weighted by Gasteiger charge is 2.30. The quantitative estimate of drug-likeness (QED) is 0.319. The molecular weight excluding hydrogens is 545 g/mol. The molecule has 0 aliphatic heterocycles. The monoisotopic (exact) mass is 583 g/mol. The number of amides is 2. The van der Waals surface area contributed by atoms with Crippen molar-refractivity contribution in [2.24, 2.45) is 0 Å². The molecule has 0 radical (unpaired) electrons. The van der Waals surface area contributed by atoms with Gasteiger partial charge < -0.3 is 10.2 Å². The lowest BCUT2D eigenvalue weighted by atomic mass is 10.1. The van der Waals surface area contributed by atoms with Gasteiger partial charge in [-0.25, -0.2) is 8.42 Å². The Morgan fingerprint density at radius 3 is 2.16 bits per heavy atom. The van der Waals surface area contributed by atoms with Crippen molar-refractivity contribution in [3.05, 3.63) is 63.1 Å². The Labute approximate surface area is 237 Å². The summed E-state index contributed by atoms with van der Waals surface area (Å²) in [4.78, 5) is 28.3. The van der Waals surface area contributed by atoms with Crippen LogP contribution < -0.4 is 9.62 Å². The van der Waals surface area contributed by atoms with E-state index in [0.717, 1.165) is 23.8 Å². The highest BCUT2D eigenvalue weighted by molar-refractivity contribution is 7.92. The number of nitrogens with one attached hydrogen (secondary N) is 1. The number of nitrogens with zero attached hydrogens (tertiary/aromatic N) is 2. The van der Waals surface area contributed by atoms with Gasteiger partial charge in [-0.1, -0.05) is 55.2 Å². The first-order chi connectivity index (χ1) is 17.8. The van der Waals surface area contributed by atoms with Crippen molar-refractivity contribution in [2.45, 2.75) is 78.9 Å². The molecule has 210 valence electrons. The van der Waals surface area contributed by atoms with Gasteiger partial charge in [-0.05, 0) is 69.4 Å². The van der Waals surface area contributed by atoms with E-state index in [4.69, 9.17) is 23.2 Å². The van der Waals surface area contributed by atoms with Crippen LogP contribution >= 0.6 is 23.2 Å². The summed E-state index contributed by atoms with van der Waals surface area (Å²) in [5.41, 5.74) is 3.01. The zero-order chi connectivity index (χ0) is 28.6. The Bertz CT molecular complexity index is 1220. The molecule has 0 heterocycles. The Morgan fingerprint density at radius 2 is 1.61 bits per heavy atom. The number of carbonyl (C=O) groups excluding carboxylic acids is 2. The molecule has 2 rings (SSSR count). The van der Waals surface area contributed by atoms with Crippen LogP contribution in [0, 0.1) is 13.8 Å². The normalized spacial score (nSPS) is 13.1. The molecule has 0 saturated carbocycles. The van der Waals surface area contributed by atoms with E-state index in [1.165, 1.54) is 9.21 Å². The summed E-state index contributed by atoms with van der Waals surface area (Å²) in [6.07, 6.45) is 2.64. The van der Waals surface area contributed by atoms with Crippen LogP contribution in [0.25, 0.3) is 0 Å². The van der Waals surface area contributed by atoms with Crippen LogP contribution in [0.15, 0.2) is 36.4 Å². The van der Waals surface area contributed by atoms with Crippen molar-refractivity contribution in [1.82, 2.24) is 10.2 Å². The Hall–Kier alpha value is -2.29. The Kier molecular flexibility index (Phi) is 11.9. The molecule has 0 fully saturated rings. The summed E-state index contributed by atoms with van der Waals surface area (Å²) >= 11 is 12.8. The van der Waals surface area contributed by atoms with Crippen molar-refractivity contribution in [3.63, 3.8) is 0 Å². The molecule has 0 saturated heterocycles. The fraction of sp³-hybridized carbons (Fsp3) is 0.500. The van der Waals surface area contributed by atoms with E-state index in [-0.39, 0.29) is 43.8 Å². The molecule has 38 heavy (non-hydrogen) atoms. The van der Waals surface area contributed by atoms with Crippen molar-refractivity contribution >= 4 is 50.7 Å². The van der Waals surface area contributed by atoms with Crippen LogP contribution in [0.3, 0.4) is 0 Å². The minimum Gasteiger partial charge on any atom is -0.352 e. The third kappa shape index (κ3) is 8.35. The zero-order valence-corrected chi connectivity index (χ0v) is 25.4. The first-order valence-electron chi connectivity index (χ1n) is 12.9. The number of benzene rings is 2. The van der Waals surface area contributed by atoms with Gasteiger partial charge in [0.1, 0.15) is 6.04 Å². The highest BCUT2D eigenvalue weighted by atomic mass is 35.5. The minimum atomic E-state index is -3.58. The van der Waals surface area contributed by atoms with Crippen LogP contribution in [0.5, 0.6) is 0 Å². The molecular formula is C28H39Cl2N3O4S. The smallest absolute Gasteiger partial charge is 0.243 e. The Morgan fingerprint density at radius 1 is 1.00 bits per heavy atom. The molecule has 0 aliphatic carbocycles. The number of halogens is 2. The van der Waals surface area contributed by atoms with E-state index in [2.05, 4.69) is 5.32 Å². The fourth-order valence-corrected chi connectivity index (χ4v) is 5.74. The van der Waals surface area contributed by atoms with Crippen molar-refractivity contribution in [2.75, 3.05) is 17.1 Å². The van der Waals surface area contributed by atoms with E-state index < -0.39 is 16.1 Å². The number of carbonyl (C=O) groups is 2. The summed E-state index contributed by atoms with van der Waals surface area (Å²) in [6.45, 7) is 9.74. The van der Waals surface area contributed by atoms with Gasteiger partial charge in [-0.3, -0.25) is 13.9 Å². The molecule has 10 heteroatoms. The molecule has 2 aromatic carbocycles. The van der Waals surface area contributed by atoms with Crippen LogP contribution in [0.4, 0.5) is 5.69 Å². The lowest BCUT2D eigenvalue weighted by Gasteiger charge is -2.32. The van der Waals surface area contributed by atoms with E-state index in [9.17, 15) is 18.0 Å². The average Bonchev–Trinajstić information content (AvgIpc) is 2.84. The third-order valence-electron chi connectivity index (χ3n) is 6.77. The molecule has 2 amide bonds. The Balaban J connectivity index is 2.32. The predicted molar refractivity (Wildman–Crippen MR) is 156 cm³/mol. The van der Waals surface area contributed by atoms with Crippen LogP contribution in [0.2, 0.25) is 10.0 Å². The molecule has 7 nitrogen and oxygen atoms in total. The summed E-state index contributed by atoms with van der Waals surface area (Å²) in [5.74, 6) is -0.520. The van der Waals surface area contributed by atoms with Crippen molar-refractivity contribution in [3.8, 4) is 0 Å². The number of sulfonamides is 1. The highest BCUT2D eigenvalue weighted by Crippen LogP contribution is 2.28. The van der Waals surface area contributed by atoms with Gasteiger partial charge in [0, 0.05) is 41.2 Å². The lowest BCUT2D eigenvalue weighted by Crippen LogP contribution is -2.50. The van der Waals surface area contributed by atoms with Crippen LogP contribution in [-0.2, 0) is 26.2 Å². The molecule has 2 atom stereocenters. The predicted octanol–water partition coefficient (Wildman–Crippen LogP) is 5.88. The van der Waals surface area contributed by atoms with Crippen LogP contribution in [0.1, 0.15) is 63.1 Å².